The van der Waals surface area contributed by atoms with Crippen molar-refractivity contribution < 1.29 is 17.9 Å². The molecule has 3 aliphatic rings. The zero-order chi connectivity index (χ0) is 27.7. The number of hydrogen-bond donors (Lipinski definition) is 2. The van der Waals surface area contributed by atoms with Crippen LogP contribution in [0.3, 0.4) is 0 Å². The van der Waals surface area contributed by atoms with Crippen molar-refractivity contribution in [1.82, 2.24) is 30.0 Å². The molecule has 11 nitrogen and oxygen atoms in total. The highest BCUT2D eigenvalue weighted by Gasteiger charge is 2.31. The molecule has 0 spiro atoms. The van der Waals surface area contributed by atoms with Gasteiger partial charge in [0.05, 0.1) is 35.2 Å². The fourth-order valence-electron chi connectivity index (χ4n) is 6.14. The summed E-state index contributed by atoms with van der Waals surface area (Å²) in [6, 6.07) is 8.14. The number of nitrogens with one attached hydrogen (secondary N) is 2. The topological polar surface area (TPSA) is 131 Å². The number of rotatable bonds is 7. The number of benzene rings is 1. The largest absolute Gasteiger partial charge is 0.493 e. The van der Waals surface area contributed by atoms with Crippen LogP contribution in [0, 0.1) is 11.8 Å². The minimum atomic E-state index is -2.94. The van der Waals surface area contributed by atoms with Crippen molar-refractivity contribution >= 4 is 32.6 Å². The van der Waals surface area contributed by atoms with E-state index in [0.717, 1.165) is 56.2 Å². The molecule has 1 aliphatic carbocycles. The molecule has 214 valence electrons. The van der Waals surface area contributed by atoms with Gasteiger partial charge in [0.2, 0.25) is 11.9 Å². The van der Waals surface area contributed by atoms with E-state index >= 15 is 0 Å². The van der Waals surface area contributed by atoms with Crippen molar-refractivity contribution in [2.75, 3.05) is 43.1 Å². The number of carbonyl (C=O) groups is 1. The van der Waals surface area contributed by atoms with E-state index < -0.39 is 9.84 Å². The number of sulfone groups is 1. The molecule has 1 unspecified atom stereocenters. The minimum absolute atomic E-state index is 0.0183. The molecular formula is C28H37N7O4S. The van der Waals surface area contributed by atoms with Crippen LogP contribution in [0.15, 0.2) is 36.7 Å². The summed E-state index contributed by atoms with van der Waals surface area (Å²) in [5, 5.41) is 12.3. The number of piperazine rings is 1. The Labute approximate surface area is 234 Å². The molecule has 0 radical (unpaired) electrons. The predicted octanol–water partition coefficient (Wildman–Crippen LogP) is 2.42. The second kappa shape index (κ2) is 11.3. The van der Waals surface area contributed by atoms with Crippen LogP contribution in [0.5, 0.6) is 5.75 Å². The van der Waals surface area contributed by atoms with Gasteiger partial charge in [0.1, 0.15) is 5.75 Å². The Morgan fingerprint density at radius 1 is 1.18 bits per heavy atom. The Morgan fingerprint density at radius 3 is 2.80 bits per heavy atom. The maximum atomic E-state index is 13.0. The smallest absolute Gasteiger partial charge is 0.225 e. The molecule has 2 aliphatic heterocycles. The van der Waals surface area contributed by atoms with Crippen molar-refractivity contribution in [3.05, 3.63) is 36.7 Å². The number of carbonyl (C=O) groups excluding carboxylic acids is 1. The maximum absolute atomic E-state index is 13.0. The summed E-state index contributed by atoms with van der Waals surface area (Å²) >= 11 is 0. The van der Waals surface area contributed by atoms with Crippen LogP contribution < -0.4 is 15.4 Å². The fourth-order valence-corrected chi connectivity index (χ4v) is 7.98. The summed E-state index contributed by atoms with van der Waals surface area (Å²) < 4.78 is 31.4. The number of nitrogens with zero attached hydrogens (tertiary/aromatic N) is 5. The Morgan fingerprint density at radius 2 is 2.02 bits per heavy atom. The molecule has 2 saturated heterocycles. The first kappa shape index (κ1) is 26.9. The molecule has 1 amide bonds. The molecule has 6 rings (SSSR count). The molecular weight excluding hydrogens is 530 g/mol. The first-order valence-corrected chi connectivity index (χ1v) is 16.1. The van der Waals surface area contributed by atoms with E-state index in [4.69, 9.17) is 9.72 Å². The molecule has 3 aromatic rings. The second-order valence-corrected chi connectivity index (χ2v) is 13.6. The number of amides is 1. The van der Waals surface area contributed by atoms with Crippen LogP contribution in [0.4, 0.5) is 5.95 Å². The zero-order valence-electron chi connectivity index (χ0n) is 22.8. The van der Waals surface area contributed by atoms with E-state index in [1.807, 2.05) is 29.2 Å². The summed E-state index contributed by atoms with van der Waals surface area (Å²) in [4.78, 5) is 24.2. The van der Waals surface area contributed by atoms with Gasteiger partial charge in [0.15, 0.2) is 15.7 Å². The van der Waals surface area contributed by atoms with Crippen LogP contribution in [-0.2, 0) is 14.6 Å². The van der Waals surface area contributed by atoms with Gasteiger partial charge < -0.3 is 20.3 Å². The maximum Gasteiger partial charge on any atom is 0.225 e. The van der Waals surface area contributed by atoms with Gasteiger partial charge in [-0.25, -0.2) is 18.1 Å². The van der Waals surface area contributed by atoms with Crippen molar-refractivity contribution in [3.63, 3.8) is 0 Å². The number of hydrogen-bond acceptors (Lipinski definition) is 9. The van der Waals surface area contributed by atoms with E-state index in [9.17, 15) is 13.2 Å². The Bertz CT molecular complexity index is 1470. The Kier molecular flexibility index (Phi) is 7.63. The normalized spacial score (nSPS) is 26.6. The second-order valence-electron chi connectivity index (χ2n) is 11.4. The molecule has 40 heavy (non-hydrogen) atoms. The predicted molar refractivity (Wildman–Crippen MR) is 152 cm³/mol. The zero-order valence-corrected chi connectivity index (χ0v) is 23.6. The van der Waals surface area contributed by atoms with Crippen LogP contribution >= 0.6 is 0 Å². The minimum Gasteiger partial charge on any atom is -0.493 e. The van der Waals surface area contributed by atoms with Crippen LogP contribution in [0.1, 0.15) is 39.0 Å². The highest BCUT2D eigenvalue weighted by Crippen LogP contribution is 2.30. The van der Waals surface area contributed by atoms with E-state index in [1.54, 1.807) is 17.1 Å². The highest BCUT2D eigenvalue weighted by molar-refractivity contribution is 7.91. The lowest BCUT2D eigenvalue weighted by atomic mass is 9.85. The molecule has 1 saturated carbocycles. The standard InChI is InChI=1S/C28H37N7O4S/c1-19-16-34(13-12-29-19)27(36)21-5-7-22(8-6-21)32-28-30-11-9-26(33-28)35-24-3-2-4-25(23(24)15-31-35)39-17-20-10-14-40(37,38)18-20/h2-4,9,11,15,19-22,29H,5-8,10,12-14,16-18H2,1H3,(H,30,32,33)/t19-,20?,21-,22-/m0/s1. The fraction of sp³-hybridized carbons (Fsp3) is 0.571. The van der Waals surface area contributed by atoms with Crippen molar-refractivity contribution in [2.24, 2.45) is 11.8 Å². The molecule has 1 aromatic carbocycles. The van der Waals surface area contributed by atoms with Gasteiger partial charge in [0.25, 0.3) is 0 Å². The van der Waals surface area contributed by atoms with Crippen molar-refractivity contribution in [2.45, 2.75) is 51.1 Å². The molecule has 2 aromatic heterocycles. The number of fused-ring (bicyclic) bond motifs is 1. The lowest BCUT2D eigenvalue weighted by Gasteiger charge is -2.36. The monoisotopic (exact) mass is 567 g/mol. The highest BCUT2D eigenvalue weighted by atomic mass is 32.2. The average molecular weight is 568 g/mol. The van der Waals surface area contributed by atoms with Gasteiger partial charge in [-0.1, -0.05) is 6.07 Å². The molecule has 4 heterocycles. The third-order valence-electron chi connectivity index (χ3n) is 8.32. The molecule has 3 fully saturated rings. The van der Waals surface area contributed by atoms with Gasteiger partial charge >= 0.3 is 0 Å². The summed E-state index contributed by atoms with van der Waals surface area (Å²) in [7, 11) is -2.94. The first-order valence-electron chi connectivity index (χ1n) is 14.3. The number of ether oxygens (including phenoxy) is 1. The van der Waals surface area contributed by atoms with Gasteiger partial charge in [-0.2, -0.15) is 10.1 Å². The van der Waals surface area contributed by atoms with E-state index in [0.29, 0.717) is 42.5 Å². The van der Waals surface area contributed by atoms with Crippen LogP contribution in [0.2, 0.25) is 0 Å². The third kappa shape index (κ3) is 5.92. The summed E-state index contributed by atoms with van der Waals surface area (Å²) in [5.74, 6) is 2.71. The SMILES string of the molecule is C[C@H]1CN(C(=O)[C@H]2CC[C@H](Nc3nccc(-n4ncc5c(OCC6CCS(=O)(=O)C6)cccc54)n3)CC2)CCN1. The molecule has 12 heteroatoms. The van der Waals surface area contributed by atoms with E-state index in [2.05, 4.69) is 27.6 Å². The average Bonchev–Trinajstić information content (AvgIpc) is 3.55. The van der Waals surface area contributed by atoms with Crippen molar-refractivity contribution in [1.29, 1.82) is 0 Å². The number of anilines is 1. The van der Waals surface area contributed by atoms with Gasteiger partial charge in [0, 0.05) is 55.8 Å². The molecule has 2 atom stereocenters. The third-order valence-corrected chi connectivity index (χ3v) is 10.2. The van der Waals surface area contributed by atoms with E-state index in [1.165, 1.54) is 0 Å². The first-order chi connectivity index (χ1) is 19.3. The van der Waals surface area contributed by atoms with Crippen LogP contribution in [-0.4, -0.2) is 88.8 Å². The van der Waals surface area contributed by atoms with E-state index in [-0.39, 0.29) is 29.4 Å². The van der Waals surface area contributed by atoms with Crippen LogP contribution in [0.25, 0.3) is 16.7 Å². The van der Waals surface area contributed by atoms with Gasteiger partial charge in [-0.3, -0.25) is 4.79 Å². The van der Waals surface area contributed by atoms with Gasteiger partial charge in [-0.05, 0) is 51.2 Å². The molecule has 2 N–H and O–H groups in total. The quantitative estimate of drug-likeness (QED) is 0.442. The summed E-state index contributed by atoms with van der Waals surface area (Å²) in [5.41, 5.74) is 0.849. The summed E-state index contributed by atoms with van der Waals surface area (Å²) in [6.07, 6.45) is 7.66. The number of aromatic nitrogens is 4. The molecule has 0 bridgehead atoms. The van der Waals surface area contributed by atoms with Gasteiger partial charge in [-0.15, -0.1) is 0 Å². The lowest BCUT2D eigenvalue weighted by Crippen LogP contribution is -2.53. The Hall–Kier alpha value is -3.25. The van der Waals surface area contributed by atoms with Crippen molar-refractivity contribution in [3.8, 4) is 11.6 Å². The Balaban J connectivity index is 1.08. The summed E-state index contributed by atoms with van der Waals surface area (Å²) in [6.45, 7) is 4.94. The lowest BCUT2D eigenvalue weighted by molar-refractivity contribution is -0.137.